The van der Waals surface area contributed by atoms with Crippen molar-refractivity contribution < 1.29 is 11.3 Å². The van der Waals surface area contributed by atoms with Crippen molar-refractivity contribution in [2.75, 3.05) is 12.4 Å². The van der Waals surface area contributed by atoms with Gasteiger partial charge in [0.05, 0.1) is 5.56 Å². The van der Waals surface area contributed by atoms with Crippen molar-refractivity contribution in [3.05, 3.63) is 29.8 Å². The highest BCUT2D eigenvalue weighted by molar-refractivity contribution is 5.87. The van der Waals surface area contributed by atoms with Gasteiger partial charge in [0.15, 0.2) is 0 Å². The summed E-state index contributed by atoms with van der Waals surface area (Å²) in [7, 11) is 1.79. The highest BCUT2D eigenvalue weighted by Crippen LogP contribution is 2.07. The predicted octanol–water partition coefficient (Wildman–Crippen LogP) is 1.54. The average Bonchev–Trinajstić information content (AvgIpc) is 2.05. The van der Waals surface area contributed by atoms with Gasteiger partial charge in [-0.05, 0) is 24.3 Å². The van der Waals surface area contributed by atoms with Crippen molar-refractivity contribution in [3.63, 3.8) is 0 Å². The van der Waals surface area contributed by atoms with Gasteiger partial charge >= 0.3 is 7.40 Å². The van der Waals surface area contributed by atoms with E-state index in [1.54, 1.807) is 31.3 Å². The van der Waals surface area contributed by atoms with E-state index in [9.17, 15) is 4.79 Å². The van der Waals surface area contributed by atoms with Gasteiger partial charge in [0.1, 0.15) is 0 Å². The third kappa shape index (κ3) is 1.70. The number of hydrogen-bond acceptors (Lipinski definition) is 2. The van der Waals surface area contributed by atoms with Crippen LogP contribution in [0.4, 0.5) is 5.69 Å². The maximum absolute atomic E-state index is 10.4. The Bertz CT molecular complexity index is 258. The van der Waals surface area contributed by atoms with E-state index in [0.717, 1.165) is 5.69 Å². The van der Waals surface area contributed by atoms with Crippen LogP contribution in [0.25, 0.3) is 0 Å². The first kappa shape index (κ1) is 7.60. The SMILES string of the molecule is CNc1ccc(C(=O)O)cc1.[H+]. The van der Waals surface area contributed by atoms with Crippen molar-refractivity contribution in [1.82, 2.24) is 0 Å². The smallest absolute Gasteiger partial charge is 0.478 e. The van der Waals surface area contributed by atoms with Gasteiger partial charge in [-0.3, -0.25) is 0 Å². The second-order valence-corrected chi connectivity index (χ2v) is 2.13. The summed E-state index contributed by atoms with van der Waals surface area (Å²) < 4.78 is 0. The predicted molar refractivity (Wildman–Crippen MR) is 44.1 cm³/mol. The number of carboxylic acid groups (broad SMARTS) is 1. The molecule has 0 unspecified atom stereocenters. The van der Waals surface area contributed by atoms with Crippen LogP contribution < -0.4 is 5.32 Å². The molecule has 11 heavy (non-hydrogen) atoms. The van der Waals surface area contributed by atoms with E-state index >= 15 is 0 Å². The van der Waals surface area contributed by atoms with E-state index in [0.29, 0.717) is 5.56 Å². The topological polar surface area (TPSA) is 49.3 Å². The van der Waals surface area contributed by atoms with Gasteiger partial charge in [0, 0.05) is 12.7 Å². The Hall–Kier alpha value is -1.51. The molecule has 0 aliphatic heterocycles. The summed E-state index contributed by atoms with van der Waals surface area (Å²) in [5.41, 5.74) is 1.22. The molecule has 0 spiro atoms. The molecule has 3 nitrogen and oxygen atoms in total. The van der Waals surface area contributed by atoms with Crippen LogP contribution in [0.2, 0.25) is 0 Å². The van der Waals surface area contributed by atoms with Crippen molar-refractivity contribution >= 4 is 11.7 Å². The van der Waals surface area contributed by atoms with E-state index < -0.39 is 5.97 Å². The number of carbonyl (C=O) groups is 1. The normalized spacial score (nSPS) is 9.18. The lowest BCUT2D eigenvalue weighted by molar-refractivity contribution is 0.0697. The second-order valence-electron chi connectivity index (χ2n) is 2.13. The van der Waals surface area contributed by atoms with Crippen LogP contribution in [0.1, 0.15) is 11.8 Å². The molecule has 1 aromatic carbocycles. The quantitative estimate of drug-likeness (QED) is 0.675. The van der Waals surface area contributed by atoms with Gasteiger partial charge in [-0.2, -0.15) is 0 Å². The summed E-state index contributed by atoms with van der Waals surface area (Å²) in [5, 5.41) is 11.4. The fourth-order valence-corrected chi connectivity index (χ4v) is 0.779. The summed E-state index contributed by atoms with van der Waals surface area (Å²) >= 11 is 0. The van der Waals surface area contributed by atoms with Crippen LogP contribution in [0, 0.1) is 0 Å². The molecule has 0 fully saturated rings. The minimum absolute atomic E-state index is 0. The number of hydrogen-bond donors (Lipinski definition) is 2. The zero-order valence-electron chi connectivity index (χ0n) is 7.16. The fourth-order valence-electron chi connectivity index (χ4n) is 0.779. The van der Waals surface area contributed by atoms with Crippen LogP contribution in [0.15, 0.2) is 24.3 Å². The third-order valence-electron chi connectivity index (χ3n) is 1.42. The molecule has 0 heterocycles. The molecule has 0 atom stereocenters. The molecule has 0 aliphatic rings. The van der Waals surface area contributed by atoms with Crippen molar-refractivity contribution in [1.29, 1.82) is 0 Å². The Morgan fingerprint density at radius 1 is 1.45 bits per heavy atom. The molecule has 3 heteroatoms. The van der Waals surface area contributed by atoms with Crippen molar-refractivity contribution in [3.8, 4) is 0 Å². The third-order valence-corrected chi connectivity index (χ3v) is 1.42. The maximum atomic E-state index is 10.4. The van der Waals surface area contributed by atoms with Gasteiger partial charge in [-0.1, -0.05) is 0 Å². The molecular weight excluding hydrogens is 142 g/mol. The van der Waals surface area contributed by atoms with Gasteiger partial charge < -0.3 is 10.4 Å². The zero-order valence-corrected chi connectivity index (χ0v) is 6.16. The number of carboxylic acids is 1. The van der Waals surface area contributed by atoms with E-state index in [4.69, 9.17) is 5.11 Å². The molecule has 0 amide bonds. The Kier molecular flexibility index (Phi) is 2.11. The summed E-state index contributed by atoms with van der Waals surface area (Å²) in [4.78, 5) is 10.4. The summed E-state index contributed by atoms with van der Waals surface area (Å²) in [6.45, 7) is 0. The van der Waals surface area contributed by atoms with E-state index in [1.807, 2.05) is 0 Å². The molecule has 1 rings (SSSR count). The highest BCUT2D eigenvalue weighted by atomic mass is 16.4. The lowest BCUT2D eigenvalue weighted by Crippen LogP contribution is -1.96. The lowest BCUT2D eigenvalue weighted by Gasteiger charge is -1.98. The first-order valence-corrected chi connectivity index (χ1v) is 3.25. The minimum Gasteiger partial charge on any atom is -0.478 e. The molecule has 0 radical (unpaired) electrons. The number of nitrogens with one attached hydrogen (secondary N) is 1. The fraction of sp³-hybridized carbons (Fsp3) is 0.125. The molecule has 58 valence electrons. The Labute approximate surface area is 66.2 Å². The molecule has 0 saturated carbocycles. The Morgan fingerprint density at radius 3 is 2.36 bits per heavy atom. The summed E-state index contributed by atoms with van der Waals surface area (Å²) in [6.07, 6.45) is 0. The number of anilines is 1. The van der Waals surface area contributed by atoms with Crippen molar-refractivity contribution in [2.24, 2.45) is 0 Å². The molecule has 0 aromatic heterocycles. The standard InChI is InChI=1S/C8H9NO2/c1-9-7-4-2-6(3-5-7)8(10)11/h2-5,9H,1H3,(H,10,11)/p+1. The zero-order chi connectivity index (χ0) is 8.27. The van der Waals surface area contributed by atoms with Crippen LogP contribution >= 0.6 is 0 Å². The van der Waals surface area contributed by atoms with Gasteiger partial charge in [0.2, 0.25) is 0 Å². The van der Waals surface area contributed by atoms with Crippen molar-refractivity contribution in [2.45, 2.75) is 0 Å². The van der Waals surface area contributed by atoms with Gasteiger partial charge in [0.25, 0.3) is 0 Å². The minimum atomic E-state index is -0.896. The monoisotopic (exact) mass is 152 g/mol. The number of benzene rings is 1. The average molecular weight is 152 g/mol. The van der Waals surface area contributed by atoms with Crippen LogP contribution in [-0.4, -0.2) is 18.1 Å². The highest BCUT2D eigenvalue weighted by Gasteiger charge is 1.99. The second kappa shape index (κ2) is 3.05. The van der Waals surface area contributed by atoms with Crippen LogP contribution in [0.5, 0.6) is 0 Å². The maximum Gasteiger partial charge on any atom is 1.00 e. The molecule has 0 aliphatic carbocycles. The first-order chi connectivity index (χ1) is 5.24. The number of rotatable bonds is 2. The van der Waals surface area contributed by atoms with E-state index in [-0.39, 0.29) is 1.43 Å². The largest absolute Gasteiger partial charge is 1.00 e. The summed E-state index contributed by atoms with van der Waals surface area (Å²) in [5.74, 6) is -0.896. The molecule has 0 bridgehead atoms. The number of aromatic carboxylic acids is 1. The molecule has 0 saturated heterocycles. The molecular formula is C8H10NO2+. The van der Waals surface area contributed by atoms with Crippen LogP contribution in [-0.2, 0) is 0 Å². The Morgan fingerprint density at radius 2 is 2.00 bits per heavy atom. The van der Waals surface area contributed by atoms with Crippen LogP contribution in [0.3, 0.4) is 0 Å². The van der Waals surface area contributed by atoms with Gasteiger partial charge in [-0.15, -0.1) is 0 Å². The Balaban J connectivity index is 0.00000121. The van der Waals surface area contributed by atoms with E-state index in [1.165, 1.54) is 0 Å². The summed E-state index contributed by atoms with van der Waals surface area (Å²) in [6, 6.07) is 6.58. The molecule has 1 aromatic rings. The lowest BCUT2D eigenvalue weighted by atomic mass is 10.2. The van der Waals surface area contributed by atoms with Gasteiger partial charge in [-0.25, -0.2) is 4.79 Å². The van der Waals surface area contributed by atoms with E-state index in [2.05, 4.69) is 5.32 Å². The first-order valence-electron chi connectivity index (χ1n) is 3.25. The molecule has 2 N–H and O–H groups in total.